The first-order valence-electron chi connectivity index (χ1n) is 9.20. The second-order valence-corrected chi connectivity index (χ2v) is 6.69. The lowest BCUT2D eigenvalue weighted by atomic mass is 9.94. The predicted octanol–water partition coefficient (Wildman–Crippen LogP) is 1.83. The molecule has 2 fully saturated rings. The molecule has 1 aliphatic carbocycles. The molecule has 0 spiro atoms. The lowest BCUT2D eigenvalue weighted by molar-refractivity contribution is 0.0523. The Bertz CT molecular complexity index is 512. The van der Waals surface area contributed by atoms with E-state index in [9.17, 15) is 0 Å². The Balaban J connectivity index is 1.44. The molecular weight excluding hydrogens is 320 g/mol. The summed E-state index contributed by atoms with van der Waals surface area (Å²) in [4.78, 5) is 0. The SMILES string of the molecule is COc1cc(OC)cc(OCCNC2CCCC2C2COCCN2)c1. The van der Waals surface area contributed by atoms with Crippen LogP contribution in [-0.4, -0.2) is 59.2 Å². The van der Waals surface area contributed by atoms with Gasteiger partial charge in [-0.15, -0.1) is 0 Å². The van der Waals surface area contributed by atoms with E-state index in [4.69, 9.17) is 18.9 Å². The van der Waals surface area contributed by atoms with Gasteiger partial charge in [0.05, 0.1) is 27.4 Å². The molecule has 1 saturated heterocycles. The highest BCUT2D eigenvalue weighted by Crippen LogP contribution is 2.30. The Morgan fingerprint density at radius 1 is 1.12 bits per heavy atom. The van der Waals surface area contributed by atoms with Gasteiger partial charge >= 0.3 is 0 Å². The van der Waals surface area contributed by atoms with Crippen LogP contribution >= 0.6 is 0 Å². The highest BCUT2D eigenvalue weighted by Gasteiger charge is 2.34. The molecule has 2 N–H and O–H groups in total. The summed E-state index contributed by atoms with van der Waals surface area (Å²) in [5.74, 6) is 2.89. The normalized spacial score (nSPS) is 26.4. The van der Waals surface area contributed by atoms with Crippen LogP contribution in [0.25, 0.3) is 0 Å². The summed E-state index contributed by atoms with van der Waals surface area (Å²) >= 11 is 0. The number of hydrogen-bond acceptors (Lipinski definition) is 6. The topological polar surface area (TPSA) is 61.0 Å². The fraction of sp³-hybridized carbons (Fsp3) is 0.684. The first kappa shape index (κ1) is 18.3. The summed E-state index contributed by atoms with van der Waals surface area (Å²) in [5.41, 5.74) is 0. The first-order valence-corrected chi connectivity index (χ1v) is 9.20. The summed E-state index contributed by atoms with van der Waals surface area (Å²) < 4.78 is 22.0. The number of nitrogens with one attached hydrogen (secondary N) is 2. The van der Waals surface area contributed by atoms with E-state index in [0.29, 0.717) is 24.6 Å². The molecule has 1 heterocycles. The third kappa shape index (κ3) is 5.00. The summed E-state index contributed by atoms with van der Waals surface area (Å²) in [6.45, 7) is 4.08. The second kappa shape index (κ2) is 9.27. The molecule has 6 heteroatoms. The van der Waals surface area contributed by atoms with Crippen molar-refractivity contribution in [3.8, 4) is 17.2 Å². The minimum atomic E-state index is 0.484. The Hall–Kier alpha value is -1.50. The zero-order valence-electron chi connectivity index (χ0n) is 15.3. The van der Waals surface area contributed by atoms with Gasteiger partial charge in [-0.05, 0) is 18.8 Å². The van der Waals surface area contributed by atoms with Crippen LogP contribution in [0.15, 0.2) is 18.2 Å². The monoisotopic (exact) mass is 350 g/mol. The van der Waals surface area contributed by atoms with Gasteiger partial charge in [0.15, 0.2) is 0 Å². The Morgan fingerprint density at radius 3 is 2.56 bits per heavy atom. The highest BCUT2D eigenvalue weighted by molar-refractivity contribution is 5.41. The van der Waals surface area contributed by atoms with Crippen LogP contribution < -0.4 is 24.8 Å². The molecule has 1 aromatic rings. The molecule has 2 aliphatic rings. The van der Waals surface area contributed by atoms with Gasteiger partial charge in [0.25, 0.3) is 0 Å². The minimum Gasteiger partial charge on any atom is -0.496 e. The van der Waals surface area contributed by atoms with Crippen molar-refractivity contribution in [3.05, 3.63) is 18.2 Å². The van der Waals surface area contributed by atoms with Gasteiger partial charge in [0.2, 0.25) is 0 Å². The van der Waals surface area contributed by atoms with Crippen LogP contribution in [0, 0.1) is 5.92 Å². The summed E-state index contributed by atoms with van der Waals surface area (Å²) in [6, 6.07) is 6.63. The number of rotatable bonds is 8. The average molecular weight is 350 g/mol. The largest absolute Gasteiger partial charge is 0.496 e. The van der Waals surface area contributed by atoms with E-state index in [1.54, 1.807) is 14.2 Å². The maximum Gasteiger partial charge on any atom is 0.126 e. The van der Waals surface area contributed by atoms with Gasteiger partial charge in [0, 0.05) is 43.4 Å². The molecule has 0 bridgehead atoms. The molecule has 25 heavy (non-hydrogen) atoms. The fourth-order valence-electron chi connectivity index (χ4n) is 3.86. The number of methoxy groups -OCH3 is 2. The quantitative estimate of drug-likeness (QED) is 0.698. The molecule has 0 amide bonds. The van der Waals surface area contributed by atoms with Crippen molar-refractivity contribution in [2.45, 2.75) is 31.3 Å². The lowest BCUT2D eigenvalue weighted by Crippen LogP contribution is -2.51. The molecule has 3 unspecified atom stereocenters. The molecule has 0 aromatic heterocycles. The molecule has 1 aromatic carbocycles. The number of benzene rings is 1. The van der Waals surface area contributed by atoms with Crippen molar-refractivity contribution < 1.29 is 18.9 Å². The maximum absolute atomic E-state index is 5.87. The van der Waals surface area contributed by atoms with E-state index >= 15 is 0 Å². The van der Waals surface area contributed by atoms with Crippen molar-refractivity contribution in [1.82, 2.24) is 10.6 Å². The summed E-state index contributed by atoms with van der Waals surface area (Å²) in [7, 11) is 3.28. The maximum atomic E-state index is 5.87. The average Bonchev–Trinajstić information content (AvgIpc) is 3.14. The standard InChI is InChI=1S/C19H30N2O4/c1-22-14-10-15(23-2)12-16(11-14)25-9-7-20-18-5-3-4-17(18)19-13-24-8-6-21-19/h10-12,17-21H,3-9,13H2,1-2H3. The molecule has 1 saturated carbocycles. The third-order valence-electron chi connectivity index (χ3n) is 5.14. The Kier molecular flexibility index (Phi) is 6.78. The minimum absolute atomic E-state index is 0.484. The van der Waals surface area contributed by atoms with E-state index < -0.39 is 0 Å². The van der Waals surface area contributed by atoms with Gasteiger partial charge in [-0.3, -0.25) is 0 Å². The molecule has 3 atom stereocenters. The predicted molar refractivity (Wildman–Crippen MR) is 96.8 cm³/mol. The molecule has 6 nitrogen and oxygen atoms in total. The van der Waals surface area contributed by atoms with Crippen molar-refractivity contribution in [1.29, 1.82) is 0 Å². The Morgan fingerprint density at radius 2 is 1.88 bits per heavy atom. The van der Waals surface area contributed by atoms with Crippen LogP contribution in [0.4, 0.5) is 0 Å². The lowest BCUT2D eigenvalue weighted by Gasteiger charge is -2.33. The van der Waals surface area contributed by atoms with Crippen molar-refractivity contribution >= 4 is 0 Å². The summed E-state index contributed by atoms with van der Waals surface area (Å²) in [6.07, 6.45) is 3.79. The molecule has 140 valence electrons. The number of ether oxygens (including phenoxy) is 4. The van der Waals surface area contributed by atoms with Crippen LogP contribution in [0.3, 0.4) is 0 Å². The molecule has 0 radical (unpaired) electrons. The van der Waals surface area contributed by atoms with E-state index in [-0.39, 0.29) is 0 Å². The third-order valence-corrected chi connectivity index (χ3v) is 5.14. The number of hydrogen-bond donors (Lipinski definition) is 2. The highest BCUT2D eigenvalue weighted by atomic mass is 16.5. The van der Waals surface area contributed by atoms with Crippen molar-refractivity contribution in [2.75, 3.05) is 47.1 Å². The van der Waals surface area contributed by atoms with Crippen LogP contribution in [0.5, 0.6) is 17.2 Å². The van der Waals surface area contributed by atoms with Gasteiger partial charge < -0.3 is 29.6 Å². The van der Waals surface area contributed by atoms with Gasteiger partial charge in [-0.1, -0.05) is 6.42 Å². The van der Waals surface area contributed by atoms with E-state index in [2.05, 4.69) is 10.6 Å². The zero-order valence-corrected chi connectivity index (χ0v) is 15.3. The fourth-order valence-corrected chi connectivity index (χ4v) is 3.86. The van der Waals surface area contributed by atoms with E-state index in [0.717, 1.165) is 43.6 Å². The summed E-state index contributed by atoms with van der Waals surface area (Å²) in [5, 5.41) is 7.28. The van der Waals surface area contributed by atoms with E-state index in [1.807, 2.05) is 18.2 Å². The van der Waals surface area contributed by atoms with E-state index in [1.165, 1.54) is 19.3 Å². The molecular formula is C19H30N2O4. The smallest absolute Gasteiger partial charge is 0.126 e. The van der Waals surface area contributed by atoms with Gasteiger partial charge in [-0.25, -0.2) is 0 Å². The Labute approximate surface area is 150 Å². The van der Waals surface area contributed by atoms with Crippen LogP contribution in [0.1, 0.15) is 19.3 Å². The molecule has 1 aliphatic heterocycles. The van der Waals surface area contributed by atoms with Gasteiger partial charge in [0.1, 0.15) is 23.9 Å². The van der Waals surface area contributed by atoms with Crippen LogP contribution in [0.2, 0.25) is 0 Å². The van der Waals surface area contributed by atoms with Gasteiger partial charge in [-0.2, -0.15) is 0 Å². The second-order valence-electron chi connectivity index (χ2n) is 6.69. The zero-order chi connectivity index (χ0) is 17.5. The molecule has 3 rings (SSSR count). The van der Waals surface area contributed by atoms with Crippen molar-refractivity contribution in [2.24, 2.45) is 5.92 Å². The first-order chi connectivity index (χ1) is 12.3. The number of morpholine rings is 1. The van der Waals surface area contributed by atoms with Crippen LogP contribution in [-0.2, 0) is 4.74 Å². The van der Waals surface area contributed by atoms with Crippen molar-refractivity contribution in [3.63, 3.8) is 0 Å².